The van der Waals surface area contributed by atoms with Crippen molar-refractivity contribution in [1.82, 2.24) is 5.32 Å². The number of anilines is 1. The van der Waals surface area contributed by atoms with E-state index in [-0.39, 0.29) is 11.9 Å². The van der Waals surface area contributed by atoms with Crippen molar-refractivity contribution in [2.45, 2.75) is 46.6 Å². The number of nitrogens with one attached hydrogen (secondary N) is 2. The number of benzene rings is 1. The van der Waals surface area contributed by atoms with Crippen LogP contribution < -0.4 is 10.6 Å². The Morgan fingerprint density at radius 1 is 1.27 bits per heavy atom. The summed E-state index contributed by atoms with van der Waals surface area (Å²) in [7, 11) is 1.90. The summed E-state index contributed by atoms with van der Waals surface area (Å²) in [6.45, 7) is 7.58. The van der Waals surface area contributed by atoms with Crippen LogP contribution in [0.5, 0.6) is 0 Å². The van der Waals surface area contributed by atoms with Gasteiger partial charge in [-0.15, -0.1) is 0 Å². The van der Waals surface area contributed by atoms with Gasteiger partial charge in [0.05, 0.1) is 6.04 Å². The summed E-state index contributed by atoms with van der Waals surface area (Å²) in [5, 5.41) is 6.10. The van der Waals surface area contributed by atoms with Crippen LogP contribution in [0.2, 0.25) is 0 Å². The van der Waals surface area contributed by atoms with E-state index in [1.165, 1.54) is 5.56 Å². The highest BCUT2D eigenvalue weighted by Gasteiger charge is 2.14. The van der Waals surface area contributed by atoms with Gasteiger partial charge in [-0.05, 0) is 44.4 Å². The molecule has 120 valence electrons. The third kappa shape index (κ3) is 5.72. The Balaban J connectivity index is 2.94. The standard InChI is InChI=1S/C18H27N3O/c1-6-16(7-2)20-13(3)18(21-14(4)22)12-15-8-10-17(19-5)11-9-15/h6,8-11,18-19H,7,12H2,1-5H3,(H,21,22)/b16-6-,20-13?. The number of rotatable bonds is 7. The van der Waals surface area contributed by atoms with Crippen molar-refractivity contribution in [3.8, 4) is 0 Å². The van der Waals surface area contributed by atoms with E-state index in [2.05, 4.69) is 34.7 Å². The minimum absolute atomic E-state index is 0.0371. The summed E-state index contributed by atoms with van der Waals surface area (Å²) in [5.41, 5.74) is 4.22. The van der Waals surface area contributed by atoms with Crippen LogP contribution in [-0.4, -0.2) is 24.7 Å². The monoisotopic (exact) mass is 301 g/mol. The van der Waals surface area contributed by atoms with Gasteiger partial charge >= 0.3 is 0 Å². The molecule has 0 aromatic heterocycles. The second-order valence-electron chi connectivity index (χ2n) is 5.29. The third-order valence-electron chi connectivity index (χ3n) is 3.58. The van der Waals surface area contributed by atoms with Gasteiger partial charge in [0.1, 0.15) is 0 Å². The van der Waals surface area contributed by atoms with E-state index in [0.29, 0.717) is 0 Å². The van der Waals surface area contributed by atoms with Gasteiger partial charge in [0.2, 0.25) is 5.91 Å². The molecule has 1 aromatic carbocycles. The van der Waals surface area contributed by atoms with Gasteiger partial charge in [-0.25, -0.2) is 0 Å². The van der Waals surface area contributed by atoms with Gasteiger partial charge in [-0.3, -0.25) is 9.79 Å². The molecule has 1 atom stereocenters. The molecule has 2 N–H and O–H groups in total. The largest absolute Gasteiger partial charge is 0.388 e. The van der Waals surface area contributed by atoms with E-state index >= 15 is 0 Å². The number of hydrogen-bond donors (Lipinski definition) is 2. The lowest BCUT2D eigenvalue weighted by molar-refractivity contribution is -0.119. The highest BCUT2D eigenvalue weighted by atomic mass is 16.1. The van der Waals surface area contributed by atoms with Crippen molar-refractivity contribution < 1.29 is 4.79 Å². The first-order chi connectivity index (χ1) is 10.5. The molecular weight excluding hydrogens is 274 g/mol. The number of carbonyl (C=O) groups excluding carboxylic acids is 1. The Hall–Kier alpha value is -2.10. The molecule has 4 nitrogen and oxygen atoms in total. The molecule has 0 heterocycles. The number of nitrogens with zero attached hydrogens (tertiary/aromatic N) is 1. The zero-order chi connectivity index (χ0) is 16.5. The van der Waals surface area contributed by atoms with Crippen LogP contribution in [0.15, 0.2) is 41.0 Å². The van der Waals surface area contributed by atoms with Crippen LogP contribution in [0.3, 0.4) is 0 Å². The SMILES string of the molecule is C/C=C(/CC)N=C(C)C(Cc1ccc(NC)cc1)NC(C)=O. The first-order valence-electron chi connectivity index (χ1n) is 7.74. The first kappa shape index (κ1) is 18.0. The van der Waals surface area contributed by atoms with Gasteiger partial charge in [-0.2, -0.15) is 0 Å². The van der Waals surface area contributed by atoms with Crippen molar-refractivity contribution >= 4 is 17.3 Å². The van der Waals surface area contributed by atoms with E-state index in [1.54, 1.807) is 6.92 Å². The predicted molar refractivity (Wildman–Crippen MR) is 94.5 cm³/mol. The van der Waals surface area contributed by atoms with E-state index < -0.39 is 0 Å². The Bertz CT molecular complexity index is 544. The van der Waals surface area contributed by atoms with Gasteiger partial charge < -0.3 is 10.6 Å². The number of hydrogen-bond acceptors (Lipinski definition) is 3. The summed E-state index contributed by atoms with van der Waals surface area (Å²) >= 11 is 0. The molecular formula is C18H27N3O. The van der Waals surface area contributed by atoms with Gasteiger partial charge in [0, 0.05) is 31.1 Å². The lowest BCUT2D eigenvalue weighted by atomic mass is 10.0. The third-order valence-corrected chi connectivity index (χ3v) is 3.58. The molecule has 0 fully saturated rings. The van der Waals surface area contributed by atoms with E-state index in [0.717, 1.165) is 29.9 Å². The second-order valence-corrected chi connectivity index (χ2v) is 5.29. The molecule has 0 radical (unpaired) electrons. The molecule has 1 unspecified atom stereocenters. The second kappa shape index (κ2) is 9.03. The molecule has 0 saturated heterocycles. The van der Waals surface area contributed by atoms with Crippen LogP contribution >= 0.6 is 0 Å². The van der Waals surface area contributed by atoms with Crippen molar-refractivity contribution in [3.05, 3.63) is 41.6 Å². The molecule has 22 heavy (non-hydrogen) atoms. The summed E-state index contributed by atoms with van der Waals surface area (Å²) in [6.07, 6.45) is 3.63. The van der Waals surface area contributed by atoms with Crippen LogP contribution in [0, 0.1) is 0 Å². The van der Waals surface area contributed by atoms with E-state index in [1.807, 2.05) is 39.1 Å². The summed E-state index contributed by atoms with van der Waals surface area (Å²) < 4.78 is 0. The quantitative estimate of drug-likeness (QED) is 0.757. The van der Waals surface area contributed by atoms with Gasteiger partial charge in [0.15, 0.2) is 0 Å². The highest BCUT2D eigenvalue weighted by molar-refractivity contribution is 5.91. The maximum atomic E-state index is 11.5. The molecule has 1 rings (SSSR count). The number of carbonyl (C=O) groups is 1. The molecule has 0 bridgehead atoms. The number of aliphatic imine (C=N–C) groups is 1. The van der Waals surface area contributed by atoms with Gasteiger partial charge in [-0.1, -0.05) is 25.1 Å². The fourth-order valence-corrected chi connectivity index (χ4v) is 2.24. The highest BCUT2D eigenvalue weighted by Crippen LogP contribution is 2.12. The maximum absolute atomic E-state index is 11.5. The number of allylic oxidation sites excluding steroid dienone is 2. The van der Waals surface area contributed by atoms with Crippen molar-refractivity contribution in [2.24, 2.45) is 4.99 Å². The maximum Gasteiger partial charge on any atom is 0.217 e. The topological polar surface area (TPSA) is 53.5 Å². The zero-order valence-corrected chi connectivity index (χ0v) is 14.2. The summed E-state index contributed by atoms with van der Waals surface area (Å²) in [6, 6.07) is 8.14. The summed E-state index contributed by atoms with van der Waals surface area (Å²) in [5.74, 6) is -0.0371. The lowest BCUT2D eigenvalue weighted by Crippen LogP contribution is -2.40. The minimum atomic E-state index is -0.0839. The van der Waals surface area contributed by atoms with Crippen LogP contribution in [-0.2, 0) is 11.2 Å². The van der Waals surface area contributed by atoms with Crippen molar-refractivity contribution in [3.63, 3.8) is 0 Å². The Labute approximate surface area is 133 Å². The molecule has 0 spiro atoms. The zero-order valence-electron chi connectivity index (χ0n) is 14.2. The molecule has 4 heteroatoms. The van der Waals surface area contributed by atoms with Gasteiger partial charge in [0.25, 0.3) is 0 Å². The number of amides is 1. The normalized spacial score (nSPS) is 13.7. The fourth-order valence-electron chi connectivity index (χ4n) is 2.24. The Morgan fingerprint density at radius 3 is 2.36 bits per heavy atom. The average molecular weight is 301 g/mol. The van der Waals surface area contributed by atoms with Crippen LogP contribution in [0.1, 0.15) is 39.7 Å². The lowest BCUT2D eigenvalue weighted by Gasteiger charge is -2.18. The van der Waals surface area contributed by atoms with Crippen molar-refractivity contribution in [2.75, 3.05) is 12.4 Å². The molecule has 0 saturated carbocycles. The fraction of sp³-hybridized carbons (Fsp3) is 0.444. The first-order valence-corrected chi connectivity index (χ1v) is 7.74. The molecule has 0 aliphatic carbocycles. The smallest absolute Gasteiger partial charge is 0.217 e. The molecule has 0 aliphatic heterocycles. The Morgan fingerprint density at radius 2 is 1.91 bits per heavy atom. The molecule has 1 aromatic rings. The van der Waals surface area contributed by atoms with Crippen LogP contribution in [0.4, 0.5) is 5.69 Å². The van der Waals surface area contributed by atoms with Crippen LogP contribution in [0.25, 0.3) is 0 Å². The molecule has 1 amide bonds. The van der Waals surface area contributed by atoms with E-state index in [9.17, 15) is 4.79 Å². The average Bonchev–Trinajstić information content (AvgIpc) is 2.52. The van der Waals surface area contributed by atoms with E-state index in [4.69, 9.17) is 0 Å². The minimum Gasteiger partial charge on any atom is -0.388 e. The predicted octanol–water partition coefficient (Wildman–Crippen LogP) is 3.55. The Kier molecular flexibility index (Phi) is 7.37. The molecule has 0 aliphatic rings. The van der Waals surface area contributed by atoms with Crippen molar-refractivity contribution in [1.29, 1.82) is 0 Å². The summed E-state index contributed by atoms with van der Waals surface area (Å²) in [4.78, 5) is 16.1.